The molecule has 0 fully saturated rings. The summed E-state index contributed by atoms with van der Waals surface area (Å²) in [5.74, 6) is 1.49. The van der Waals surface area contributed by atoms with Gasteiger partial charge in [-0.25, -0.2) is 0 Å². The molecule has 0 spiro atoms. The molecule has 3 rings (SSSR count). The first kappa shape index (κ1) is 11.8. The SMILES string of the molecule is NCC1CC(c2cc(Br)c3c(c2)OCCO3)=NO1. The summed E-state index contributed by atoms with van der Waals surface area (Å²) < 4.78 is 12.0. The van der Waals surface area contributed by atoms with Gasteiger partial charge in [-0.2, -0.15) is 0 Å². The van der Waals surface area contributed by atoms with Gasteiger partial charge in [0.1, 0.15) is 19.3 Å². The molecule has 0 saturated heterocycles. The van der Waals surface area contributed by atoms with Crippen molar-refractivity contribution >= 4 is 21.6 Å². The van der Waals surface area contributed by atoms with Gasteiger partial charge in [0.05, 0.1) is 10.2 Å². The average molecular weight is 313 g/mol. The van der Waals surface area contributed by atoms with E-state index in [0.717, 1.165) is 33.7 Å². The second-order valence-corrected chi connectivity index (χ2v) is 5.04. The molecule has 2 aliphatic heterocycles. The largest absolute Gasteiger partial charge is 0.486 e. The predicted octanol–water partition coefficient (Wildman–Crippen LogP) is 1.67. The zero-order chi connectivity index (χ0) is 12.5. The van der Waals surface area contributed by atoms with Crippen LogP contribution < -0.4 is 15.2 Å². The van der Waals surface area contributed by atoms with E-state index in [1.165, 1.54) is 0 Å². The average Bonchev–Trinajstić information content (AvgIpc) is 2.87. The van der Waals surface area contributed by atoms with Crippen molar-refractivity contribution in [3.63, 3.8) is 0 Å². The van der Waals surface area contributed by atoms with Gasteiger partial charge >= 0.3 is 0 Å². The van der Waals surface area contributed by atoms with Crippen LogP contribution in [0.25, 0.3) is 0 Å². The van der Waals surface area contributed by atoms with Crippen LogP contribution in [0.1, 0.15) is 12.0 Å². The number of halogens is 1. The second kappa shape index (κ2) is 4.78. The highest BCUT2D eigenvalue weighted by atomic mass is 79.9. The molecule has 6 heteroatoms. The van der Waals surface area contributed by atoms with E-state index in [2.05, 4.69) is 21.1 Å². The highest BCUT2D eigenvalue weighted by molar-refractivity contribution is 9.10. The number of rotatable bonds is 2. The Morgan fingerprint density at radius 3 is 2.94 bits per heavy atom. The first-order valence-corrected chi connectivity index (χ1v) is 6.59. The van der Waals surface area contributed by atoms with Crippen LogP contribution >= 0.6 is 15.9 Å². The molecule has 2 heterocycles. The quantitative estimate of drug-likeness (QED) is 0.902. The van der Waals surface area contributed by atoms with E-state index < -0.39 is 0 Å². The highest BCUT2D eigenvalue weighted by Gasteiger charge is 2.24. The van der Waals surface area contributed by atoms with Crippen molar-refractivity contribution in [3.05, 3.63) is 22.2 Å². The van der Waals surface area contributed by atoms with Gasteiger partial charge in [0.15, 0.2) is 11.5 Å². The van der Waals surface area contributed by atoms with Crippen LogP contribution in [0, 0.1) is 0 Å². The van der Waals surface area contributed by atoms with Crippen molar-refractivity contribution in [1.82, 2.24) is 0 Å². The maximum absolute atomic E-state index is 5.58. The molecule has 1 atom stereocenters. The molecule has 18 heavy (non-hydrogen) atoms. The lowest BCUT2D eigenvalue weighted by molar-refractivity contribution is 0.0918. The van der Waals surface area contributed by atoms with Crippen molar-refractivity contribution in [2.75, 3.05) is 19.8 Å². The zero-order valence-electron chi connectivity index (χ0n) is 9.69. The molecular formula is C12H13BrN2O3. The number of hydrogen-bond acceptors (Lipinski definition) is 5. The van der Waals surface area contributed by atoms with Crippen LogP contribution in [0.2, 0.25) is 0 Å². The molecule has 0 saturated carbocycles. The van der Waals surface area contributed by atoms with Crippen molar-refractivity contribution < 1.29 is 14.3 Å². The topological polar surface area (TPSA) is 66.1 Å². The first-order chi connectivity index (χ1) is 8.78. The summed E-state index contributed by atoms with van der Waals surface area (Å²) in [4.78, 5) is 5.23. The lowest BCUT2D eigenvalue weighted by atomic mass is 10.0. The van der Waals surface area contributed by atoms with Gasteiger partial charge in [-0.3, -0.25) is 0 Å². The minimum atomic E-state index is -0.0213. The molecule has 1 unspecified atom stereocenters. The molecule has 96 valence electrons. The maximum Gasteiger partial charge on any atom is 0.175 e. The molecular weight excluding hydrogens is 300 g/mol. The number of oxime groups is 1. The Bertz CT molecular complexity index is 504. The number of benzene rings is 1. The summed E-state index contributed by atoms with van der Waals surface area (Å²) in [7, 11) is 0. The molecule has 5 nitrogen and oxygen atoms in total. The summed E-state index contributed by atoms with van der Waals surface area (Å²) in [6, 6.07) is 3.90. The van der Waals surface area contributed by atoms with Crippen LogP contribution in [-0.2, 0) is 4.84 Å². The summed E-state index contributed by atoms with van der Waals surface area (Å²) >= 11 is 3.49. The summed E-state index contributed by atoms with van der Waals surface area (Å²) in [5.41, 5.74) is 7.43. The van der Waals surface area contributed by atoms with Gasteiger partial charge in [-0.1, -0.05) is 5.16 Å². The number of nitrogens with zero attached hydrogens (tertiary/aromatic N) is 1. The van der Waals surface area contributed by atoms with Crippen LogP contribution in [-0.4, -0.2) is 31.6 Å². The third-order valence-corrected chi connectivity index (χ3v) is 3.51. The third kappa shape index (κ3) is 2.06. The molecule has 0 amide bonds. The smallest absolute Gasteiger partial charge is 0.175 e. The first-order valence-electron chi connectivity index (χ1n) is 5.80. The van der Waals surface area contributed by atoms with E-state index in [1.54, 1.807) is 0 Å². The molecule has 0 aliphatic carbocycles. The Hall–Kier alpha value is -1.27. The van der Waals surface area contributed by atoms with E-state index >= 15 is 0 Å². The van der Waals surface area contributed by atoms with Gasteiger partial charge in [0.2, 0.25) is 0 Å². The minimum absolute atomic E-state index is 0.0213. The maximum atomic E-state index is 5.58. The fourth-order valence-corrected chi connectivity index (χ4v) is 2.56. The van der Waals surface area contributed by atoms with Crippen LogP contribution in [0.5, 0.6) is 11.5 Å². The van der Waals surface area contributed by atoms with Gasteiger partial charge in [-0.05, 0) is 28.1 Å². The molecule has 0 bridgehead atoms. The Morgan fingerprint density at radius 1 is 1.33 bits per heavy atom. The summed E-state index contributed by atoms with van der Waals surface area (Å²) in [6.45, 7) is 1.61. The molecule has 2 N–H and O–H groups in total. The number of nitrogens with two attached hydrogens (primary N) is 1. The third-order valence-electron chi connectivity index (χ3n) is 2.93. The minimum Gasteiger partial charge on any atom is -0.486 e. The van der Waals surface area contributed by atoms with Gasteiger partial charge in [0.25, 0.3) is 0 Å². The lowest BCUT2D eigenvalue weighted by Gasteiger charge is -2.20. The fraction of sp³-hybridized carbons (Fsp3) is 0.417. The second-order valence-electron chi connectivity index (χ2n) is 4.19. The zero-order valence-corrected chi connectivity index (χ0v) is 11.3. The van der Waals surface area contributed by atoms with Crippen molar-refractivity contribution in [1.29, 1.82) is 0 Å². The lowest BCUT2D eigenvalue weighted by Crippen LogP contribution is -2.20. The van der Waals surface area contributed by atoms with Crippen LogP contribution in [0.4, 0.5) is 0 Å². The van der Waals surface area contributed by atoms with Gasteiger partial charge in [-0.15, -0.1) is 0 Å². The van der Waals surface area contributed by atoms with Crippen LogP contribution in [0.15, 0.2) is 21.8 Å². The Balaban J connectivity index is 1.92. The standard InChI is InChI=1S/C12H13BrN2O3/c13-9-3-7(10-5-8(6-14)18-15-10)4-11-12(9)17-2-1-16-11/h3-4,8H,1-2,5-6,14H2. The van der Waals surface area contributed by atoms with Crippen LogP contribution in [0.3, 0.4) is 0 Å². The van der Waals surface area contributed by atoms with E-state index in [1.807, 2.05) is 12.1 Å². The number of fused-ring (bicyclic) bond motifs is 1. The Labute approximate surface area is 113 Å². The molecule has 2 aliphatic rings. The highest BCUT2D eigenvalue weighted by Crippen LogP contribution is 2.39. The summed E-state index contributed by atoms with van der Waals surface area (Å²) in [6.07, 6.45) is 0.703. The fourth-order valence-electron chi connectivity index (χ4n) is 2.00. The van der Waals surface area contributed by atoms with E-state index in [9.17, 15) is 0 Å². The number of hydrogen-bond donors (Lipinski definition) is 1. The van der Waals surface area contributed by atoms with Crippen molar-refractivity contribution in [2.45, 2.75) is 12.5 Å². The predicted molar refractivity (Wildman–Crippen MR) is 70.2 cm³/mol. The van der Waals surface area contributed by atoms with Crippen molar-refractivity contribution in [3.8, 4) is 11.5 Å². The summed E-state index contributed by atoms with van der Waals surface area (Å²) in [5, 5.41) is 4.07. The Kier molecular flexibility index (Phi) is 3.13. The van der Waals surface area contributed by atoms with E-state index in [4.69, 9.17) is 20.0 Å². The monoisotopic (exact) mass is 312 g/mol. The normalized spacial score (nSPS) is 21.4. The Morgan fingerprint density at radius 2 is 2.17 bits per heavy atom. The molecule has 0 radical (unpaired) electrons. The van der Waals surface area contributed by atoms with E-state index in [0.29, 0.717) is 19.8 Å². The van der Waals surface area contributed by atoms with E-state index in [-0.39, 0.29) is 6.10 Å². The van der Waals surface area contributed by atoms with Gasteiger partial charge in [0, 0.05) is 18.5 Å². The van der Waals surface area contributed by atoms with Crippen molar-refractivity contribution in [2.24, 2.45) is 10.9 Å². The molecule has 0 aromatic heterocycles. The number of ether oxygens (including phenoxy) is 2. The molecule has 1 aromatic carbocycles. The van der Waals surface area contributed by atoms with Gasteiger partial charge < -0.3 is 20.0 Å². The molecule has 1 aromatic rings.